The van der Waals surface area contributed by atoms with Crippen molar-refractivity contribution in [2.45, 2.75) is 0 Å². The number of amides is 1. The molecule has 1 aromatic heterocycles. The third-order valence-electron chi connectivity index (χ3n) is 2.30. The molecule has 0 saturated carbocycles. The van der Waals surface area contributed by atoms with Crippen molar-refractivity contribution in [1.82, 2.24) is 4.98 Å². The van der Waals surface area contributed by atoms with Crippen LogP contribution in [0.1, 0.15) is 16.1 Å². The number of carbonyl (C=O) groups is 1. The summed E-state index contributed by atoms with van der Waals surface area (Å²) in [6.07, 6.45) is 1.28. The molecule has 0 saturated heterocycles. The summed E-state index contributed by atoms with van der Waals surface area (Å²) in [5.74, 6) is -1.08. The Hall–Kier alpha value is -2.26. The summed E-state index contributed by atoms with van der Waals surface area (Å²) < 4.78 is 14.1. The molecule has 0 aliphatic heterocycles. The van der Waals surface area contributed by atoms with Gasteiger partial charge in [0.05, 0.1) is 11.3 Å². The van der Waals surface area contributed by atoms with Crippen molar-refractivity contribution in [3.63, 3.8) is 0 Å². The summed E-state index contributed by atoms with van der Waals surface area (Å²) in [5, 5.41) is 11.0. The maximum atomic E-state index is 13.5. The third-order valence-corrected chi connectivity index (χ3v) is 2.80. The molecule has 2 rings (SSSR count). The lowest BCUT2D eigenvalue weighted by Gasteiger charge is -2.06. The number of anilines is 1. The maximum Gasteiger partial charge on any atom is 0.274 e. The summed E-state index contributed by atoms with van der Waals surface area (Å²) >= 11 is 3.19. The van der Waals surface area contributed by atoms with Crippen LogP contribution in [0.2, 0.25) is 0 Å². The van der Waals surface area contributed by atoms with Crippen LogP contribution in [-0.2, 0) is 0 Å². The largest absolute Gasteiger partial charge is 0.318 e. The van der Waals surface area contributed by atoms with Crippen LogP contribution in [0.3, 0.4) is 0 Å². The number of benzene rings is 1. The van der Waals surface area contributed by atoms with Crippen LogP contribution >= 0.6 is 15.9 Å². The summed E-state index contributed by atoms with van der Waals surface area (Å²) in [6.45, 7) is 0. The number of hydrogen-bond donors (Lipinski definition) is 1. The van der Waals surface area contributed by atoms with Crippen LogP contribution in [-0.4, -0.2) is 10.9 Å². The van der Waals surface area contributed by atoms with E-state index < -0.39 is 11.7 Å². The highest BCUT2D eigenvalue weighted by atomic mass is 79.9. The molecule has 2 aromatic rings. The molecule has 1 heterocycles. The minimum absolute atomic E-state index is 0.0607. The number of nitrogens with one attached hydrogen (secondary N) is 1. The molecule has 0 aliphatic rings. The Morgan fingerprint density at radius 3 is 2.79 bits per heavy atom. The molecular weight excluding hydrogens is 313 g/mol. The van der Waals surface area contributed by atoms with Gasteiger partial charge in [-0.25, -0.2) is 9.37 Å². The van der Waals surface area contributed by atoms with Gasteiger partial charge in [0, 0.05) is 10.7 Å². The standard InChI is InChI=1S/C13H7BrFN3O/c14-9-2-3-10(15)12(5-9)18-13(19)11-4-1-8(6-16)7-17-11/h1-5,7H,(H,18,19). The van der Waals surface area contributed by atoms with E-state index in [1.54, 1.807) is 0 Å². The van der Waals surface area contributed by atoms with Gasteiger partial charge in [-0.2, -0.15) is 5.26 Å². The average molecular weight is 320 g/mol. The zero-order valence-corrected chi connectivity index (χ0v) is 11.1. The van der Waals surface area contributed by atoms with Crippen LogP contribution < -0.4 is 5.32 Å². The number of pyridine rings is 1. The molecule has 0 bridgehead atoms. The first-order valence-electron chi connectivity index (χ1n) is 5.22. The molecule has 0 fully saturated rings. The van der Waals surface area contributed by atoms with E-state index in [1.807, 2.05) is 6.07 Å². The minimum Gasteiger partial charge on any atom is -0.318 e. The van der Waals surface area contributed by atoms with E-state index in [-0.39, 0.29) is 11.4 Å². The van der Waals surface area contributed by atoms with Gasteiger partial charge in [0.15, 0.2) is 0 Å². The smallest absolute Gasteiger partial charge is 0.274 e. The van der Waals surface area contributed by atoms with Crippen molar-refractivity contribution in [2.24, 2.45) is 0 Å². The summed E-state index contributed by atoms with van der Waals surface area (Å²) in [4.78, 5) is 15.7. The fourth-order valence-electron chi connectivity index (χ4n) is 1.37. The average Bonchev–Trinajstić information content (AvgIpc) is 2.43. The van der Waals surface area contributed by atoms with E-state index in [0.29, 0.717) is 10.0 Å². The zero-order valence-electron chi connectivity index (χ0n) is 9.52. The summed E-state index contributed by atoms with van der Waals surface area (Å²) in [5.41, 5.74) is 0.522. The Kier molecular flexibility index (Phi) is 3.88. The first-order chi connectivity index (χ1) is 9.10. The van der Waals surface area contributed by atoms with Gasteiger partial charge in [0.2, 0.25) is 0 Å². The minimum atomic E-state index is -0.540. The topological polar surface area (TPSA) is 65.8 Å². The SMILES string of the molecule is N#Cc1ccc(C(=O)Nc2cc(Br)ccc2F)nc1. The van der Waals surface area contributed by atoms with Gasteiger partial charge >= 0.3 is 0 Å². The van der Waals surface area contributed by atoms with Gasteiger partial charge in [-0.3, -0.25) is 4.79 Å². The number of rotatable bonds is 2. The van der Waals surface area contributed by atoms with Crippen molar-refractivity contribution >= 4 is 27.5 Å². The Morgan fingerprint density at radius 2 is 2.16 bits per heavy atom. The van der Waals surface area contributed by atoms with Gasteiger partial charge in [-0.05, 0) is 30.3 Å². The van der Waals surface area contributed by atoms with Gasteiger partial charge in [-0.1, -0.05) is 15.9 Å². The lowest BCUT2D eigenvalue weighted by Crippen LogP contribution is -2.14. The second-order valence-electron chi connectivity index (χ2n) is 3.62. The van der Waals surface area contributed by atoms with Crippen molar-refractivity contribution in [1.29, 1.82) is 5.26 Å². The molecule has 1 aromatic carbocycles. The van der Waals surface area contributed by atoms with E-state index >= 15 is 0 Å². The summed E-state index contributed by atoms with van der Waals surface area (Å²) in [7, 11) is 0. The van der Waals surface area contributed by atoms with Crippen LogP contribution in [0.5, 0.6) is 0 Å². The van der Waals surface area contributed by atoms with Crippen LogP contribution in [0.4, 0.5) is 10.1 Å². The number of aromatic nitrogens is 1. The van der Waals surface area contributed by atoms with E-state index in [9.17, 15) is 9.18 Å². The van der Waals surface area contributed by atoms with E-state index in [1.165, 1.54) is 36.5 Å². The number of nitrogens with zero attached hydrogens (tertiary/aromatic N) is 2. The molecule has 1 N–H and O–H groups in total. The molecule has 0 atom stereocenters. The summed E-state index contributed by atoms with van der Waals surface area (Å²) in [6, 6.07) is 9.01. The molecule has 4 nitrogen and oxygen atoms in total. The van der Waals surface area contributed by atoms with E-state index in [0.717, 1.165) is 0 Å². The van der Waals surface area contributed by atoms with Crippen LogP contribution in [0.25, 0.3) is 0 Å². The Labute approximate surface area is 117 Å². The predicted molar refractivity (Wildman–Crippen MR) is 71.0 cm³/mol. The molecule has 0 radical (unpaired) electrons. The third kappa shape index (κ3) is 3.14. The van der Waals surface area contributed by atoms with Crippen molar-refractivity contribution in [3.05, 3.63) is 58.1 Å². The van der Waals surface area contributed by atoms with Crippen LogP contribution in [0, 0.1) is 17.1 Å². The first-order valence-corrected chi connectivity index (χ1v) is 6.02. The molecule has 6 heteroatoms. The number of halogens is 2. The van der Waals surface area contributed by atoms with E-state index in [2.05, 4.69) is 26.2 Å². The van der Waals surface area contributed by atoms with Crippen molar-refractivity contribution in [2.75, 3.05) is 5.32 Å². The predicted octanol–water partition coefficient (Wildman–Crippen LogP) is 3.11. The molecule has 19 heavy (non-hydrogen) atoms. The second-order valence-corrected chi connectivity index (χ2v) is 4.54. The number of carbonyl (C=O) groups excluding carboxylic acids is 1. The van der Waals surface area contributed by atoms with Crippen molar-refractivity contribution in [3.8, 4) is 6.07 Å². The monoisotopic (exact) mass is 319 g/mol. The fourth-order valence-corrected chi connectivity index (χ4v) is 1.74. The fraction of sp³-hybridized carbons (Fsp3) is 0. The lowest BCUT2D eigenvalue weighted by atomic mass is 10.2. The lowest BCUT2D eigenvalue weighted by molar-refractivity contribution is 0.102. The van der Waals surface area contributed by atoms with E-state index in [4.69, 9.17) is 5.26 Å². The van der Waals surface area contributed by atoms with Gasteiger partial charge < -0.3 is 5.32 Å². The molecule has 0 unspecified atom stereocenters. The molecular formula is C13H7BrFN3O. The van der Waals surface area contributed by atoms with Gasteiger partial charge in [0.25, 0.3) is 5.91 Å². The molecule has 94 valence electrons. The molecule has 0 aliphatic carbocycles. The van der Waals surface area contributed by atoms with Crippen molar-refractivity contribution < 1.29 is 9.18 Å². The normalized spacial score (nSPS) is 9.74. The highest BCUT2D eigenvalue weighted by Crippen LogP contribution is 2.20. The Morgan fingerprint density at radius 1 is 1.37 bits per heavy atom. The van der Waals surface area contributed by atoms with Crippen LogP contribution in [0.15, 0.2) is 41.0 Å². The molecule has 1 amide bonds. The quantitative estimate of drug-likeness (QED) is 0.924. The highest BCUT2D eigenvalue weighted by Gasteiger charge is 2.10. The Bertz CT molecular complexity index is 665. The maximum absolute atomic E-state index is 13.5. The second kappa shape index (κ2) is 5.59. The zero-order chi connectivity index (χ0) is 13.8. The highest BCUT2D eigenvalue weighted by molar-refractivity contribution is 9.10. The Balaban J connectivity index is 2.21. The van der Waals surface area contributed by atoms with Gasteiger partial charge in [-0.15, -0.1) is 0 Å². The first kappa shape index (κ1) is 13.2. The molecule has 0 spiro atoms. The number of nitriles is 1. The number of hydrogen-bond acceptors (Lipinski definition) is 3. The van der Waals surface area contributed by atoms with Gasteiger partial charge in [0.1, 0.15) is 17.6 Å².